The van der Waals surface area contributed by atoms with Gasteiger partial charge in [-0.3, -0.25) is 4.90 Å². The van der Waals surface area contributed by atoms with Crippen molar-refractivity contribution in [2.45, 2.75) is 75.9 Å². The zero-order valence-corrected chi connectivity index (χ0v) is 11.6. The highest BCUT2D eigenvalue weighted by Crippen LogP contribution is 2.48. The van der Waals surface area contributed by atoms with Crippen LogP contribution in [0.5, 0.6) is 0 Å². The van der Waals surface area contributed by atoms with Gasteiger partial charge < -0.3 is 5.32 Å². The van der Waals surface area contributed by atoms with Gasteiger partial charge in [0.2, 0.25) is 0 Å². The summed E-state index contributed by atoms with van der Waals surface area (Å²) in [6.45, 7) is 2.67. The third-order valence-corrected chi connectivity index (χ3v) is 6.28. The van der Waals surface area contributed by atoms with E-state index in [0.717, 1.165) is 30.0 Å². The number of rotatable bonds is 2. The Labute approximate surface area is 111 Å². The van der Waals surface area contributed by atoms with E-state index in [2.05, 4.69) is 10.2 Å². The minimum atomic E-state index is 0.824. The number of hydrogen-bond acceptors (Lipinski definition) is 2. The zero-order chi connectivity index (χ0) is 11.9. The molecule has 0 aromatic carbocycles. The van der Waals surface area contributed by atoms with Gasteiger partial charge in [-0.05, 0) is 69.9 Å². The fourth-order valence-corrected chi connectivity index (χ4v) is 5.48. The lowest BCUT2D eigenvalue weighted by molar-refractivity contribution is 0.0461. The maximum Gasteiger partial charge on any atom is 0.0252 e. The molecule has 2 saturated heterocycles. The van der Waals surface area contributed by atoms with Gasteiger partial charge >= 0.3 is 0 Å². The molecule has 0 radical (unpaired) electrons. The van der Waals surface area contributed by atoms with Crippen LogP contribution < -0.4 is 5.32 Å². The van der Waals surface area contributed by atoms with E-state index in [-0.39, 0.29) is 0 Å². The van der Waals surface area contributed by atoms with E-state index < -0.39 is 0 Å². The van der Waals surface area contributed by atoms with Crippen LogP contribution in [-0.2, 0) is 0 Å². The van der Waals surface area contributed by atoms with Crippen molar-refractivity contribution in [2.75, 3.05) is 13.1 Å². The smallest absolute Gasteiger partial charge is 0.0252 e. The van der Waals surface area contributed by atoms with Crippen molar-refractivity contribution in [1.29, 1.82) is 0 Å². The highest BCUT2D eigenvalue weighted by Gasteiger charge is 2.45. The fraction of sp³-hybridized carbons (Fsp3) is 1.00. The number of nitrogens with zero attached hydrogens (tertiary/aromatic N) is 1. The molecule has 4 fully saturated rings. The molecule has 1 N–H and O–H groups in total. The summed E-state index contributed by atoms with van der Waals surface area (Å²) >= 11 is 0. The minimum Gasteiger partial charge on any atom is -0.312 e. The predicted octanol–water partition coefficient (Wildman–Crippen LogP) is 2.78. The Kier molecular flexibility index (Phi) is 3.12. The molecule has 18 heavy (non-hydrogen) atoms. The van der Waals surface area contributed by atoms with Crippen molar-refractivity contribution in [3.63, 3.8) is 0 Å². The Morgan fingerprint density at radius 2 is 1.83 bits per heavy atom. The Morgan fingerprint density at radius 1 is 0.833 bits per heavy atom. The molecule has 2 heterocycles. The Bertz CT molecular complexity index is 297. The van der Waals surface area contributed by atoms with Crippen molar-refractivity contribution in [3.8, 4) is 0 Å². The molecule has 2 nitrogen and oxygen atoms in total. The van der Waals surface area contributed by atoms with Crippen molar-refractivity contribution in [2.24, 2.45) is 11.8 Å². The second-order valence-electron chi connectivity index (χ2n) is 7.25. The van der Waals surface area contributed by atoms with Gasteiger partial charge in [0.05, 0.1) is 0 Å². The molecule has 5 unspecified atom stereocenters. The summed E-state index contributed by atoms with van der Waals surface area (Å²) in [5.41, 5.74) is 0. The molecule has 0 spiro atoms. The van der Waals surface area contributed by atoms with E-state index in [9.17, 15) is 0 Å². The molecule has 2 aliphatic heterocycles. The molecular weight excluding hydrogens is 220 g/mol. The Balaban J connectivity index is 1.50. The average Bonchev–Trinajstić information content (AvgIpc) is 3.15. The third-order valence-electron chi connectivity index (χ3n) is 6.28. The van der Waals surface area contributed by atoms with Crippen LogP contribution in [0.1, 0.15) is 57.8 Å². The molecule has 2 bridgehead atoms. The molecular formula is C16H28N2. The van der Waals surface area contributed by atoms with Gasteiger partial charge in [-0.15, -0.1) is 0 Å². The summed E-state index contributed by atoms with van der Waals surface area (Å²) in [5, 5.41) is 3.78. The van der Waals surface area contributed by atoms with E-state index in [1.165, 1.54) is 58.0 Å². The van der Waals surface area contributed by atoms with E-state index in [1.54, 1.807) is 12.8 Å². The lowest BCUT2D eigenvalue weighted by atomic mass is 9.87. The SMILES string of the molecule is C1CNC(C2CCCCN2C2CC3CCC2C3)C1. The average molecular weight is 248 g/mol. The molecule has 4 rings (SSSR count). The quantitative estimate of drug-likeness (QED) is 0.808. The van der Waals surface area contributed by atoms with Crippen LogP contribution in [-0.4, -0.2) is 36.1 Å². The summed E-state index contributed by atoms with van der Waals surface area (Å²) in [5.74, 6) is 2.16. The van der Waals surface area contributed by atoms with Crippen LogP contribution >= 0.6 is 0 Å². The maximum absolute atomic E-state index is 3.78. The summed E-state index contributed by atoms with van der Waals surface area (Å²) in [4.78, 5) is 2.97. The van der Waals surface area contributed by atoms with Crippen molar-refractivity contribution in [3.05, 3.63) is 0 Å². The number of nitrogens with one attached hydrogen (secondary N) is 1. The van der Waals surface area contributed by atoms with Crippen LogP contribution in [0.25, 0.3) is 0 Å². The first-order chi connectivity index (χ1) is 8.92. The third kappa shape index (κ3) is 1.92. The first-order valence-corrected chi connectivity index (χ1v) is 8.41. The monoisotopic (exact) mass is 248 g/mol. The highest BCUT2D eigenvalue weighted by molar-refractivity contribution is 5.00. The molecule has 2 heteroatoms. The summed E-state index contributed by atoms with van der Waals surface area (Å²) in [6, 6.07) is 2.67. The Morgan fingerprint density at radius 3 is 2.56 bits per heavy atom. The van der Waals surface area contributed by atoms with Gasteiger partial charge in [-0.25, -0.2) is 0 Å². The van der Waals surface area contributed by atoms with Gasteiger partial charge in [0.15, 0.2) is 0 Å². The number of hydrogen-bond donors (Lipinski definition) is 1. The second kappa shape index (κ2) is 4.79. The summed E-state index contributed by atoms with van der Waals surface area (Å²) in [7, 11) is 0. The van der Waals surface area contributed by atoms with E-state index in [4.69, 9.17) is 0 Å². The van der Waals surface area contributed by atoms with Gasteiger partial charge in [-0.1, -0.05) is 12.8 Å². The largest absolute Gasteiger partial charge is 0.312 e. The van der Waals surface area contributed by atoms with Crippen molar-refractivity contribution >= 4 is 0 Å². The molecule has 0 amide bonds. The van der Waals surface area contributed by atoms with Crippen LogP contribution in [0.15, 0.2) is 0 Å². The number of piperidine rings is 1. The molecule has 2 saturated carbocycles. The molecule has 5 atom stereocenters. The van der Waals surface area contributed by atoms with Crippen molar-refractivity contribution in [1.82, 2.24) is 10.2 Å². The highest BCUT2D eigenvalue weighted by atomic mass is 15.2. The first-order valence-electron chi connectivity index (χ1n) is 8.41. The van der Waals surface area contributed by atoms with Crippen LogP contribution in [0, 0.1) is 11.8 Å². The van der Waals surface area contributed by atoms with E-state index in [1.807, 2.05) is 0 Å². The lowest BCUT2D eigenvalue weighted by Crippen LogP contribution is -2.55. The molecule has 102 valence electrons. The molecule has 0 aromatic heterocycles. The van der Waals surface area contributed by atoms with Gasteiger partial charge in [0, 0.05) is 18.1 Å². The van der Waals surface area contributed by atoms with E-state index >= 15 is 0 Å². The van der Waals surface area contributed by atoms with Crippen molar-refractivity contribution < 1.29 is 0 Å². The van der Waals surface area contributed by atoms with Crippen LogP contribution in [0.3, 0.4) is 0 Å². The van der Waals surface area contributed by atoms with Gasteiger partial charge in [-0.2, -0.15) is 0 Å². The van der Waals surface area contributed by atoms with Gasteiger partial charge in [0.25, 0.3) is 0 Å². The van der Waals surface area contributed by atoms with Crippen LogP contribution in [0.4, 0.5) is 0 Å². The molecule has 2 aliphatic carbocycles. The van der Waals surface area contributed by atoms with Gasteiger partial charge in [0.1, 0.15) is 0 Å². The topological polar surface area (TPSA) is 15.3 Å². The molecule has 4 aliphatic rings. The normalized spacial score (nSPS) is 49.0. The fourth-order valence-electron chi connectivity index (χ4n) is 5.48. The maximum atomic E-state index is 3.78. The number of fused-ring (bicyclic) bond motifs is 2. The van der Waals surface area contributed by atoms with Crippen LogP contribution in [0.2, 0.25) is 0 Å². The second-order valence-corrected chi connectivity index (χ2v) is 7.25. The number of likely N-dealkylation sites (tertiary alicyclic amines) is 1. The molecule has 0 aromatic rings. The minimum absolute atomic E-state index is 0.824. The zero-order valence-electron chi connectivity index (χ0n) is 11.6. The lowest BCUT2D eigenvalue weighted by Gasteiger charge is -2.45. The van der Waals surface area contributed by atoms with E-state index in [0.29, 0.717) is 0 Å². The predicted molar refractivity (Wildman–Crippen MR) is 74.6 cm³/mol. The summed E-state index contributed by atoms with van der Waals surface area (Å²) < 4.78 is 0. The Hall–Kier alpha value is -0.0800. The first kappa shape index (κ1) is 11.7. The summed E-state index contributed by atoms with van der Waals surface area (Å²) in [6.07, 6.45) is 13.4. The standard InChI is InChI=1S/C16H28N2/c1-2-9-18(15(5-1)14-4-3-8-17-14)16-11-12-6-7-13(16)10-12/h12-17H,1-11H2.